The second-order valence-electron chi connectivity index (χ2n) is 9.25. The Morgan fingerprint density at radius 3 is 2.32 bits per heavy atom. The Kier molecular flexibility index (Phi) is 5.58. The first-order valence-corrected chi connectivity index (χ1v) is 14.0. The van der Waals surface area contributed by atoms with Crippen LogP contribution in [0.4, 0.5) is 0 Å². The molecule has 0 aliphatic rings. The van der Waals surface area contributed by atoms with Crippen molar-refractivity contribution in [3.05, 3.63) is 127 Å². The Morgan fingerprint density at radius 1 is 0.703 bits per heavy atom. The summed E-state index contributed by atoms with van der Waals surface area (Å²) >= 11 is 4.76. The highest BCUT2D eigenvalue weighted by Crippen LogP contribution is 2.44. The molecule has 0 radical (unpaired) electrons. The summed E-state index contributed by atoms with van der Waals surface area (Å²) in [6, 6.07) is 28.5. The third-order valence-electron chi connectivity index (χ3n) is 7.38. The van der Waals surface area contributed by atoms with E-state index in [2.05, 4.69) is 154 Å². The lowest BCUT2D eigenvalue weighted by Crippen LogP contribution is -2.22. The first-order valence-electron chi connectivity index (χ1n) is 12.1. The fourth-order valence-electron chi connectivity index (χ4n) is 5.83. The van der Waals surface area contributed by atoms with Crippen molar-refractivity contribution in [3.63, 3.8) is 0 Å². The van der Waals surface area contributed by atoms with E-state index in [0.29, 0.717) is 0 Å². The highest BCUT2D eigenvalue weighted by Gasteiger charge is 2.27. The zero-order valence-electron chi connectivity index (χ0n) is 19.8. The lowest BCUT2D eigenvalue weighted by molar-refractivity contribution is -0.427. The van der Waals surface area contributed by atoms with Crippen LogP contribution in [0.25, 0.3) is 54.5 Å². The van der Waals surface area contributed by atoms with Gasteiger partial charge in [-0.2, -0.15) is 0 Å². The van der Waals surface area contributed by atoms with Gasteiger partial charge in [-0.25, -0.2) is 0 Å². The van der Waals surface area contributed by atoms with E-state index in [1.165, 1.54) is 48.8 Å². The molecule has 5 heteroatoms. The molecule has 0 fully saturated rings. The van der Waals surface area contributed by atoms with Crippen molar-refractivity contribution in [1.29, 1.82) is 0 Å². The Bertz CT molecular complexity index is 2000. The molecule has 0 saturated heterocycles. The van der Waals surface area contributed by atoms with Gasteiger partial charge in [0, 0.05) is 41.9 Å². The van der Waals surface area contributed by atoms with E-state index in [0.717, 1.165) is 16.8 Å². The number of pyridine rings is 3. The van der Waals surface area contributed by atoms with Crippen LogP contribution in [0, 0.1) is 0 Å². The van der Waals surface area contributed by atoms with Crippen LogP contribution < -0.4 is 5.56 Å². The van der Waals surface area contributed by atoms with E-state index in [1.807, 2.05) is 18.5 Å². The Balaban J connectivity index is 1.64. The summed E-state index contributed by atoms with van der Waals surface area (Å²) in [6.45, 7) is 4.34. The van der Waals surface area contributed by atoms with E-state index in [4.69, 9.17) is 0 Å². The molecule has 0 bridgehead atoms. The number of halogens is 2. The monoisotopic (exact) mass is 701 g/mol. The van der Waals surface area contributed by atoms with Gasteiger partial charge in [0.05, 0.1) is 16.3 Å². The number of fused-ring (bicyclic) bond motifs is 3. The van der Waals surface area contributed by atoms with Crippen LogP contribution in [-0.4, -0.2) is 4.98 Å². The fourth-order valence-corrected chi connectivity index (χ4v) is 7.12. The summed E-state index contributed by atoms with van der Waals surface area (Å²) in [7, 11) is 0. The molecule has 0 amide bonds. The molecule has 3 aromatic heterocycles. The van der Waals surface area contributed by atoms with Crippen LogP contribution >= 0.6 is 45.7 Å². The minimum absolute atomic E-state index is 0.0373. The molecule has 0 aliphatic heterocycles. The van der Waals surface area contributed by atoms with Gasteiger partial charge in [0.2, 0.25) is 11.2 Å². The Hall–Kier alpha value is -3.17. The molecule has 37 heavy (non-hydrogen) atoms. The normalized spacial score (nSPS) is 12.6. The standard InChI is InChI=1S/C32H21I2N3/c1-2-22(27-19-35-16-15-23(27)28-10-3-4-17-36(28)33)25-14-13-21-12-11-20-7-5-8-24-26-9-6-18-37(34)32(26)31(25)30(21)29(20)24/h2-19,22H,1H2/q+2. The summed E-state index contributed by atoms with van der Waals surface area (Å²) in [5, 5.41) is 9.00. The third kappa shape index (κ3) is 3.47. The van der Waals surface area contributed by atoms with Gasteiger partial charge in [-0.15, -0.1) is 12.1 Å². The first kappa shape index (κ1) is 23.0. The summed E-state index contributed by atoms with van der Waals surface area (Å²) in [4.78, 5) is 4.57. The number of aromatic nitrogens is 3. The van der Waals surface area contributed by atoms with Gasteiger partial charge in [0.15, 0.2) is 12.4 Å². The van der Waals surface area contributed by atoms with Gasteiger partial charge in [0.1, 0.15) is 0 Å². The zero-order chi connectivity index (χ0) is 25.1. The lowest BCUT2D eigenvalue weighted by Gasteiger charge is -2.21. The first-order chi connectivity index (χ1) is 18.2. The smallest absolute Gasteiger partial charge is 0.264 e. The van der Waals surface area contributed by atoms with Crippen LogP contribution in [0.3, 0.4) is 0 Å². The predicted octanol–water partition coefficient (Wildman–Crippen LogP) is 8.09. The van der Waals surface area contributed by atoms with Gasteiger partial charge >= 0.3 is 45.7 Å². The number of rotatable bonds is 4. The minimum atomic E-state index is -0.0373. The summed E-state index contributed by atoms with van der Waals surface area (Å²) < 4.78 is 4.37. The second-order valence-corrected chi connectivity index (χ2v) is 11.3. The van der Waals surface area contributed by atoms with Crippen molar-refractivity contribution in [2.75, 3.05) is 0 Å². The van der Waals surface area contributed by atoms with Gasteiger partial charge in [-0.05, 0) is 50.9 Å². The number of hydrogen-bond donors (Lipinski definition) is 0. The van der Waals surface area contributed by atoms with Gasteiger partial charge in [-0.1, -0.05) is 48.5 Å². The predicted molar refractivity (Wildman–Crippen MR) is 169 cm³/mol. The molecular weight excluding hydrogens is 680 g/mol. The zero-order valence-corrected chi connectivity index (χ0v) is 24.1. The number of benzene rings is 4. The molecule has 7 aromatic rings. The van der Waals surface area contributed by atoms with E-state index in [9.17, 15) is 0 Å². The van der Waals surface area contributed by atoms with Crippen LogP contribution in [0.2, 0.25) is 0 Å². The summed E-state index contributed by atoms with van der Waals surface area (Å²) in [5.74, 6) is -0.0373. The van der Waals surface area contributed by atoms with Crippen LogP contribution in [0.1, 0.15) is 17.0 Å². The van der Waals surface area contributed by atoms with E-state index in [1.54, 1.807) is 0 Å². The van der Waals surface area contributed by atoms with E-state index >= 15 is 0 Å². The number of nitrogens with zero attached hydrogens (tertiary/aromatic N) is 3. The van der Waals surface area contributed by atoms with Crippen LogP contribution in [0.15, 0.2) is 116 Å². The number of allylic oxidation sites excluding steroid dienone is 1. The highest BCUT2D eigenvalue weighted by molar-refractivity contribution is 14.1. The Labute approximate surface area is 242 Å². The van der Waals surface area contributed by atoms with Gasteiger partial charge in [0.25, 0.3) is 0 Å². The molecule has 3 nitrogen and oxygen atoms in total. The summed E-state index contributed by atoms with van der Waals surface area (Å²) in [5.41, 5.74) is 5.92. The van der Waals surface area contributed by atoms with Crippen molar-refractivity contribution in [1.82, 2.24) is 4.98 Å². The number of hydrogen-bond acceptors (Lipinski definition) is 1. The van der Waals surface area contributed by atoms with Crippen molar-refractivity contribution < 1.29 is 5.56 Å². The molecule has 0 N–H and O–H groups in total. The van der Waals surface area contributed by atoms with Crippen molar-refractivity contribution in [3.8, 4) is 11.3 Å². The van der Waals surface area contributed by atoms with Gasteiger partial charge in [-0.3, -0.25) is 4.98 Å². The van der Waals surface area contributed by atoms with Crippen LogP contribution in [-0.2, 0) is 0 Å². The molecule has 1 atom stereocenters. The van der Waals surface area contributed by atoms with E-state index in [-0.39, 0.29) is 5.92 Å². The van der Waals surface area contributed by atoms with Gasteiger partial charge < -0.3 is 0 Å². The van der Waals surface area contributed by atoms with Crippen molar-refractivity contribution in [2.45, 2.75) is 5.92 Å². The SMILES string of the molecule is C=CC(c1cnccc1-c1cccc[n+]1I)c1ccc2ccc3cccc4c5ccc[n+](I)c5c1c2c34. The maximum atomic E-state index is 4.57. The molecule has 0 saturated carbocycles. The summed E-state index contributed by atoms with van der Waals surface area (Å²) in [6.07, 6.45) is 10.2. The lowest BCUT2D eigenvalue weighted by atomic mass is 9.82. The minimum Gasteiger partial charge on any atom is -0.264 e. The topological polar surface area (TPSA) is 20.6 Å². The molecular formula is C32H21I2N3+2. The molecule has 3 heterocycles. The molecule has 176 valence electrons. The quantitative estimate of drug-likeness (QED) is 0.0787. The van der Waals surface area contributed by atoms with Crippen molar-refractivity contribution in [2.24, 2.45) is 0 Å². The third-order valence-corrected chi connectivity index (χ3v) is 9.03. The maximum Gasteiger partial charge on any atom is 0.354 e. The average Bonchev–Trinajstić information content (AvgIpc) is 2.94. The molecule has 1 unspecified atom stereocenters. The van der Waals surface area contributed by atoms with E-state index < -0.39 is 0 Å². The molecule has 7 rings (SSSR count). The molecule has 4 aromatic carbocycles. The van der Waals surface area contributed by atoms with Crippen molar-refractivity contribution >= 4 is 88.9 Å². The fraction of sp³-hybridized carbons (Fsp3) is 0.0312. The molecule has 0 aliphatic carbocycles. The largest absolute Gasteiger partial charge is 0.354 e. The molecule has 0 spiro atoms. The second kappa shape index (κ2) is 8.99. The average molecular weight is 701 g/mol. The van der Waals surface area contributed by atoms with Crippen LogP contribution in [0.5, 0.6) is 0 Å². The highest BCUT2D eigenvalue weighted by atomic mass is 127. The maximum absolute atomic E-state index is 4.57. The Morgan fingerprint density at radius 2 is 1.49 bits per heavy atom.